The van der Waals surface area contributed by atoms with E-state index in [1.165, 1.54) is 18.3 Å². The van der Waals surface area contributed by atoms with E-state index in [1.54, 1.807) is 42.5 Å². The van der Waals surface area contributed by atoms with Crippen molar-refractivity contribution < 1.29 is 27.5 Å². The quantitative estimate of drug-likeness (QED) is 0.365. The molecule has 38 heavy (non-hydrogen) atoms. The summed E-state index contributed by atoms with van der Waals surface area (Å²) in [4.78, 5) is 22.0. The van der Waals surface area contributed by atoms with Crippen LogP contribution in [0.3, 0.4) is 0 Å². The van der Waals surface area contributed by atoms with Gasteiger partial charge in [-0.1, -0.05) is 48.3 Å². The van der Waals surface area contributed by atoms with Crippen LogP contribution in [0.2, 0.25) is 10.0 Å². The Kier molecular flexibility index (Phi) is 8.44. The Hall–Kier alpha value is -3.34. The Labute approximate surface area is 230 Å². The molecule has 2 atom stereocenters. The van der Waals surface area contributed by atoms with E-state index in [2.05, 4.69) is 10.1 Å². The SMILES string of the molecule is CC(C)C1ON=C(c2c(Cl)cccc2Cl)C1COc1ccc(Oc2ccc(C(=O)NS(C)(=O)=O)cc2)cn1. The second-order valence-corrected chi connectivity index (χ2v) is 11.5. The lowest BCUT2D eigenvalue weighted by molar-refractivity contribution is 0.0174. The summed E-state index contributed by atoms with van der Waals surface area (Å²) in [6.45, 7) is 4.33. The lowest BCUT2D eigenvalue weighted by Gasteiger charge is -2.22. The number of aromatic nitrogens is 1. The number of ether oxygens (including phenoxy) is 2. The standard InChI is InChI=1S/C26H25Cl2N3O6S/c1-15(2)25-19(24(30-37-25)23-20(27)5-4-6-21(23)28)14-35-22-12-11-18(13-29-22)36-17-9-7-16(8-10-17)26(32)31-38(3,33)34/h4-13,15,19,25H,14H2,1-3H3,(H,31,32). The van der Waals surface area contributed by atoms with E-state index >= 15 is 0 Å². The maximum Gasteiger partial charge on any atom is 0.264 e. The molecule has 0 spiro atoms. The van der Waals surface area contributed by atoms with Crippen molar-refractivity contribution in [3.05, 3.63) is 82.0 Å². The highest BCUT2D eigenvalue weighted by Crippen LogP contribution is 2.35. The first-order valence-electron chi connectivity index (χ1n) is 11.6. The highest BCUT2D eigenvalue weighted by molar-refractivity contribution is 7.89. The maximum absolute atomic E-state index is 11.9. The lowest BCUT2D eigenvalue weighted by atomic mass is 9.87. The van der Waals surface area contributed by atoms with Crippen molar-refractivity contribution in [3.63, 3.8) is 0 Å². The fourth-order valence-electron chi connectivity index (χ4n) is 3.87. The number of halogens is 2. The van der Waals surface area contributed by atoms with Crippen molar-refractivity contribution in [1.29, 1.82) is 0 Å². The number of oxime groups is 1. The number of pyridine rings is 1. The predicted molar refractivity (Wildman–Crippen MR) is 145 cm³/mol. The number of nitrogens with zero attached hydrogens (tertiary/aromatic N) is 2. The molecule has 4 rings (SSSR count). The lowest BCUT2D eigenvalue weighted by Crippen LogP contribution is -2.33. The van der Waals surface area contributed by atoms with Gasteiger partial charge in [-0.05, 0) is 48.4 Å². The van der Waals surface area contributed by atoms with E-state index in [0.717, 1.165) is 6.26 Å². The van der Waals surface area contributed by atoms with E-state index in [-0.39, 0.29) is 30.1 Å². The van der Waals surface area contributed by atoms with Crippen molar-refractivity contribution in [3.8, 4) is 17.4 Å². The molecule has 0 saturated carbocycles. The predicted octanol–water partition coefficient (Wildman–Crippen LogP) is 5.32. The largest absolute Gasteiger partial charge is 0.477 e. The van der Waals surface area contributed by atoms with Crippen LogP contribution in [0.15, 0.2) is 65.9 Å². The highest BCUT2D eigenvalue weighted by Gasteiger charge is 2.39. The van der Waals surface area contributed by atoms with Gasteiger partial charge in [0.15, 0.2) is 0 Å². The first-order valence-corrected chi connectivity index (χ1v) is 14.2. The summed E-state index contributed by atoms with van der Waals surface area (Å²) in [5, 5.41) is 5.26. The van der Waals surface area contributed by atoms with Crippen LogP contribution in [0.25, 0.3) is 0 Å². The molecule has 9 nitrogen and oxygen atoms in total. The van der Waals surface area contributed by atoms with Crippen molar-refractivity contribution >= 4 is 44.8 Å². The zero-order chi connectivity index (χ0) is 27.4. The van der Waals surface area contributed by atoms with Crippen molar-refractivity contribution in [2.24, 2.45) is 17.0 Å². The van der Waals surface area contributed by atoms with E-state index < -0.39 is 15.9 Å². The van der Waals surface area contributed by atoms with Crippen molar-refractivity contribution in [2.45, 2.75) is 20.0 Å². The third-order valence-corrected chi connectivity index (χ3v) is 6.83. The zero-order valence-corrected chi connectivity index (χ0v) is 23.0. The molecular formula is C26H25Cl2N3O6S. The molecule has 0 saturated heterocycles. The van der Waals surface area contributed by atoms with E-state index in [1.807, 2.05) is 18.6 Å². The second-order valence-electron chi connectivity index (χ2n) is 8.97. The maximum atomic E-state index is 11.9. The van der Waals surface area contributed by atoms with E-state index in [4.69, 9.17) is 37.5 Å². The number of hydrogen-bond acceptors (Lipinski definition) is 8. The third-order valence-electron chi connectivity index (χ3n) is 5.65. The summed E-state index contributed by atoms with van der Waals surface area (Å²) in [7, 11) is -3.65. The van der Waals surface area contributed by atoms with Gasteiger partial charge in [-0.25, -0.2) is 18.1 Å². The van der Waals surface area contributed by atoms with Gasteiger partial charge in [0.2, 0.25) is 15.9 Å². The normalized spacial score (nSPS) is 17.1. The molecule has 0 aliphatic carbocycles. The molecule has 2 heterocycles. The van der Waals surface area contributed by atoms with Gasteiger partial charge in [-0.2, -0.15) is 0 Å². The van der Waals surface area contributed by atoms with Crippen LogP contribution in [-0.4, -0.2) is 44.0 Å². The zero-order valence-electron chi connectivity index (χ0n) is 20.7. The second kappa shape index (κ2) is 11.6. The summed E-state index contributed by atoms with van der Waals surface area (Å²) < 4.78 is 36.1. The van der Waals surface area contributed by atoms with Gasteiger partial charge in [0.25, 0.3) is 5.91 Å². The number of amides is 1. The number of hydrogen-bond donors (Lipinski definition) is 1. The van der Waals surface area contributed by atoms with Crippen LogP contribution in [0.1, 0.15) is 29.8 Å². The number of sulfonamides is 1. The molecule has 12 heteroatoms. The van der Waals surface area contributed by atoms with Crippen molar-refractivity contribution in [2.75, 3.05) is 12.9 Å². The minimum atomic E-state index is -3.65. The number of carbonyl (C=O) groups is 1. The Balaban J connectivity index is 1.40. The van der Waals surface area contributed by atoms with E-state index in [9.17, 15) is 13.2 Å². The average molecular weight is 578 g/mol. The van der Waals surface area contributed by atoms with Gasteiger partial charge in [0.1, 0.15) is 29.9 Å². The Morgan fingerprint density at radius 2 is 1.71 bits per heavy atom. The summed E-state index contributed by atoms with van der Waals surface area (Å²) in [6.07, 6.45) is 2.20. The highest BCUT2D eigenvalue weighted by atomic mass is 35.5. The van der Waals surface area contributed by atoms with Gasteiger partial charge in [0, 0.05) is 17.2 Å². The molecule has 0 fully saturated rings. The summed E-state index contributed by atoms with van der Waals surface area (Å²) in [5.74, 6) is 0.489. The molecule has 1 aliphatic rings. The molecule has 1 aromatic heterocycles. The molecule has 2 aromatic carbocycles. The Morgan fingerprint density at radius 3 is 2.29 bits per heavy atom. The average Bonchev–Trinajstić information content (AvgIpc) is 3.27. The molecule has 2 unspecified atom stereocenters. The molecule has 3 aromatic rings. The minimum absolute atomic E-state index is 0.165. The van der Waals surface area contributed by atoms with Gasteiger partial charge in [-0.15, -0.1) is 0 Å². The molecule has 1 amide bonds. The minimum Gasteiger partial charge on any atom is -0.477 e. The van der Waals surface area contributed by atoms with Gasteiger partial charge >= 0.3 is 0 Å². The monoisotopic (exact) mass is 577 g/mol. The smallest absolute Gasteiger partial charge is 0.264 e. The fraction of sp³-hybridized carbons (Fsp3) is 0.269. The molecule has 0 radical (unpaired) electrons. The topological polar surface area (TPSA) is 116 Å². The van der Waals surface area contributed by atoms with Crippen LogP contribution >= 0.6 is 23.2 Å². The van der Waals surface area contributed by atoms with Crippen LogP contribution in [-0.2, 0) is 14.9 Å². The number of benzene rings is 2. The number of rotatable bonds is 9. The van der Waals surface area contributed by atoms with Crippen LogP contribution in [0.5, 0.6) is 17.4 Å². The summed E-state index contributed by atoms with van der Waals surface area (Å²) >= 11 is 12.8. The fourth-order valence-corrected chi connectivity index (χ4v) is 4.92. The summed E-state index contributed by atoms with van der Waals surface area (Å²) in [6, 6.07) is 14.7. The first kappa shape index (κ1) is 27.7. The van der Waals surface area contributed by atoms with Crippen LogP contribution < -0.4 is 14.2 Å². The molecule has 1 aliphatic heterocycles. The number of carbonyl (C=O) groups excluding carboxylic acids is 1. The third kappa shape index (κ3) is 6.75. The van der Waals surface area contributed by atoms with E-state index in [0.29, 0.717) is 38.7 Å². The van der Waals surface area contributed by atoms with Crippen LogP contribution in [0, 0.1) is 11.8 Å². The Morgan fingerprint density at radius 1 is 1.05 bits per heavy atom. The molecule has 1 N–H and O–H groups in total. The Bertz CT molecular complexity index is 1420. The van der Waals surface area contributed by atoms with Gasteiger partial charge in [-0.3, -0.25) is 4.79 Å². The number of nitrogens with one attached hydrogen (secondary N) is 1. The molecule has 0 bridgehead atoms. The van der Waals surface area contributed by atoms with Gasteiger partial charge < -0.3 is 14.3 Å². The first-order chi connectivity index (χ1) is 18.0. The molecule has 200 valence electrons. The van der Waals surface area contributed by atoms with Gasteiger partial charge in [0.05, 0.1) is 28.4 Å². The van der Waals surface area contributed by atoms with Crippen molar-refractivity contribution in [1.82, 2.24) is 9.71 Å². The van der Waals surface area contributed by atoms with Crippen LogP contribution in [0.4, 0.5) is 0 Å². The summed E-state index contributed by atoms with van der Waals surface area (Å²) in [5.41, 5.74) is 1.44. The molecular weight excluding hydrogens is 553 g/mol.